The summed E-state index contributed by atoms with van der Waals surface area (Å²) in [5, 5.41) is 0. The van der Waals surface area contributed by atoms with Gasteiger partial charge in [0.25, 0.3) is 0 Å². The molecule has 0 saturated carbocycles. The van der Waals surface area contributed by atoms with Crippen LogP contribution in [0.4, 0.5) is 5.69 Å². The van der Waals surface area contributed by atoms with E-state index in [1.807, 2.05) is 6.07 Å². The van der Waals surface area contributed by atoms with Crippen LogP contribution in [0.5, 0.6) is 0 Å². The third-order valence-corrected chi connectivity index (χ3v) is 1.32. The molecule has 0 unspecified atom stereocenters. The lowest BCUT2D eigenvalue weighted by Crippen LogP contribution is -1.92. The van der Waals surface area contributed by atoms with Gasteiger partial charge in [0.15, 0.2) is 0 Å². The molecule has 1 heterocycles. The van der Waals surface area contributed by atoms with E-state index in [0.717, 1.165) is 17.7 Å². The van der Waals surface area contributed by atoms with Crippen molar-refractivity contribution in [2.75, 3.05) is 5.73 Å². The number of halogens is 1. The van der Waals surface area contributed by atoms with E-state index in [1.165, 1.54) is 0 Å². The van der Waals surface area contributed by atoms with Crippen LogP contribution < -0.4 is 5.73 Å². The fourth-order valence-corrected chi connectivity index (χ4v) is 0.733. The Kier molecular flexibility index (Phi) is 3.81. The summed E-state index contributed by atoms with van der Waals surface area (Å²) in [7, 11) is 0. The van der Waals surface area contributed by atoms with Crippen molar-refractivity contribution in [1.29, 1.82) is 0 Å². The number of hydrogen-bond donors (Lipinski definition) is 1. The van der Waals surface area contributed by atoms with Crippen LogP contribution in [0.25, 0.3) is 0 Å². The highest BCUT2D eigenvalue weighted by atomic mass is 35.5. The Morgan fingerprint density at radius 1 is 1.60 bits per heavy atom. The van der Waals surface area contributed by atoms with Crippen LogP contribution in [0.2, 0.25) is 0 Å². The Morgan fingerprint density at radius 3 is 2.70 bits per heavy atom. The zero-order valence-electron chi connectivity index (χ0n) is 5.87. The zero-order valence-corrected chi connectivity index (χ0v) is 6.69. The molecule has 56 valence electrons. The van der Waals surface area contributed by atoms with Gasteiger partial charge in [0.2, 0.25) is 0 Å². The summed E-state index contributed by atoms with van der Waals surface area (Å²) in [6.07, 6.45) is 4.46. The molecule has 0 radical (unpaired) electrons. The SMILES string of the molecule is CCc1cnccc1N.Cl. The Hall–Kier alpha value is -0.760. The standard InChI is InChI=1S/C7H10N2.ClH/c1-2-6-5-9-4-3-7(6)8;/h3-5H,2H2,1H3,(H2,8,9);1H. The number of aromatic nitrogens is 1. The van der Waals surface area contributed by atoms with Gasteiger partial charge in [-0.05, 0) is 18.1 Å². The molecule has 0 aliphatic rings. The van der Waals surface area contributed by atoms with Crippen molar-refractivity contribution in [1.82, 2.24) is 4.98 Å². The van der Waals surface area contributed by atoms with Crippen LogP contribution in [-0.2, 0) is 6.42 Å². The predicted octanol–water partition coefficient (Wildman–Crippen LogP) is 1.65. The molecule has 2 nitrogen and oxygen atoms in total. The van der Waals surface area contributed by atoms with Crippen LogP contribution in [0.15, 0.2) is 18.5 Å². The van der Waals surface area contributed by atoms with E-state index in [1.54, 1.807) is 12.4 Å². The highest BCUT2D eigenvalue weighted by molar-refractivity contribution is 5.85. The molecule has 0 aliphatic heterocycles. The maximum absolute atomic E-state index is 5.59. The molecule has 0 fully saturated rings. The number of pyridine rings is 1. The number of hydrogen-bond acceptors (Lipinski definition) is 2. The number of rotatable bonds is 1. The summed E-state index contributed by atoms with van der Waals surface area (Å²) in [5.74, 6) is 0. The molecular weight excluding hydrogens is 148 g/mol. The molecule has 1 aromatic heterocycles. The van der Waals surface area contributed by atoms with Crippen molar-refractivity contribution in [2.24, 2.45) is 0 Å². The van der Waals surface area contributed by atoms with E-state index in [9.17, 15) is 0 Å². The van der Waals surface area contributed by atoms with Gasteiger partial charge >= 0.3 is 0 Å². The molecule has 0 saturated heterocycles. The van der Waals surface area contributed by atoms with Crippen molar-refractivity contribution in [3.63, 3.8) is 0 Å². The summed E-state index contributed by atoms with van der Waals surface area (Å²) in [4.78, 5) is 3.94. The van der Waals surface area contributed by atoms with Gasteiger partial charge in [-0.2, -0.15) is 0 Å². The minimum absolute atomic E-state index is 0. The van der Waals surface area contributed by atoms with E-state index in [2.05, 4.69) is 11.9 Å². The maximum atomic E-state index is 5.59. The summed E-state index contributed by atoms with van der Waals surface area (Å²) in [5.41, 5.74) is 7.55. The van der Waals surface area contributed by atoms with Crippen molar-refractivity contribution in [3.8, 4) is 0 Å². The number of nitrogens with two attached hydrogens (primary N) is 1. The number of aryl methyl sites for hydroxylation is 1. The van der Waals surface area contributed by atoms with E-state index in [0.29, 0.717) is 0 Å². The average molecular weight is 159 g/mol. The molecule has 0 amide bonds. The molecule has 0 spiro atoms. The molecule has 1 rings (SSSR count). The monoisotopic (exact) mass is 158 g/mol. The highest BCUT2D eigenvalue weighted by Crippen LogP contribution is 2.07. The fourth-order valence-electron chi connectivity index (χ4n) is 0.733. The van der Waals surface area contributed by atoms with Crippen LogP contribution >= 0.6 is 12.4 Å². The Bertz CT molecular complexity index is 201. The van der Waals surface area contributed by atoms with Crippen molar-refractivity contribution in [3.05, 3.63) is 24.0 Å². The second-order valence-electron chi connectivity index (χ2n) is 1.93. The largest absolute Gasteiger partial charge is 0.398 e. The lowest BCUT2D eigenvalue weighted by atomic mass is 10.2. The average Bonchev–Trinajstić information content (AvgIpc) is 1.89. The van der Waals surface area contributed by atoms with Gasteiger partial charge in [0, 0.05) is 18.1 Å². The number of anilines is 1. The van der Waals surface area contributed by atoms with Gasteiger partial charge in [-0.3, -0.25) is 4.98 Å². The molecule has 0 aromatic carbocycles. The van der Waals surface area contributed by atoms with E-state index >= 15 is 0 Å². The minimum atomic E-state index is 0. The molecule has 10 heavy (non-hydrogen) atoms. The first-order valence-electron chi connectivity index (χ1n) is 3.03. The topological polar surface area (TPSA) is 38.9 Å². The summed E-state index contributed by atoms with van der Waals surface area (Å²) in [6, 6.07) is 1.82. The highest BCUT2D eigenvalue weighted by Gasteiger charge is 1.91. The van der Waals surface area contributed by atoms with E-state index in [4.69, 9.17) is 5.73 Å². The first kappa shape index (κ1) is 9.24. The lowest BCUT2D eigenvalue weighted by molar-refractivity contribution is 1.11. The molecule has 0 bridgehead atoms. The zero-order chi connectivity index (χ0) is 6.69. The number of nitrogens with zero attached hydrogens (tertiary/aromatic N) is 1. The third kappa shape index (κ3) is 1.88. The van der Waals surface area contributed by atoms with Crippen molar-refractivity contribution in [2.45, 2.75) is 13.3 Å². The summed E-state index contributed by atoms with van der Waals surface area (Å²) in [6.45, 7) is 2.06. The number of nitrogen functional groups attached to an aromatic ring is 1. The van der Waals surface area contributed by atoms with Gasteiger partial charge in [-0.1, -0.05) is 6.92 Å². The maximum Gasteiger partial charge on any atom is 0.0377 e. The van der Waals surface area contributed by atoms with Crippen LogP contribution in [0.1, 0.15) is 12.5 Å². The lowest BCUT2D eigenvalue weighted by Gasteiger charge is -1.97. The Labute approximate surface area is 66.9 Å². The Morgan fingerprint density at radius 2 is 2.30 bits per heavy atom. The van der Waals surface area contributed by atoms with Crippen molar-refractivity contribution < 1.29 is 0 Å². The summed E-state index contributed by atoms with van der Waals surface area (Å²) < 4.78 is 0. The second kappa shape index (κ2) is 4.12. The molecule has 0 aliphatic carbocycles. The van der Waals surface area contributed by atoms with E-state index in [-0.39, 0.29) is 12.4 Å². The quantitative estimate of drug-likeness (QED) is 0.675. The molecule has 1 aromatic rings. The van der Waals surface area contributed by atoms with Gasteiger partial charge < -0.3 is 5.73 Å². The van der Waals surface area contributed by atoms with Crippen LogP contribution in [0, 0.1) is 0 Å². The summed E-state index contributed by atoms with van der Waals surface area (Å²) >= 11 is 0. The third-order valence-electron chi connectivity index (χ3n) is 1.32. The van der Waals surface area contributed by atoms with Gasteiger partial charge in [-0.25, -0.2) is 0 Å². The van der Waals surface area contributed by atoms with Crippen LogP contribution in [0.3, 0.4) is 0 Å². The molecule has 2 N–H and O–H groups in total. The first-order chi connectivity index (χ1) is 4.34. The minimum Gasteiger partial charge on any atom is -0.398 e. The molecule has 0 atom stereocenters. The normalized spacial score (nSPS) is 8.50. The molecule has 3 heteroatoms. The second-order valence-corrected chi connectivity index (χ2v) is 1.93. The van der Waals surface area contributed by atoms with Gasteiger partial charge in [-0.15, -0.1) is 12.4 Å². The Balaban J connectivity index is 0.000000810. The van der Waals surface area contributed by atoms with Crippen molar-refractivity contribution >= 4 is 18.1 Å². The smallest absolute Gasteiger partial charge is 0.0377 e. The van der Waals surface area contributed by atoms with Gasteiger partial charge in [0.05, 0.1) is 0 Å². The first-order valence-corrected chi connectivity index (χ1v) is 3.03. The molecular formula is C7H11ClN2. The van der Waals surface area contributed by atoms with Crippen LogP contribution in [-0.4, -0.2) is 4.98 Å². The van der Waals surface area contributed by atoms with Gasteiger partial charge in [0.1, 0.15) is 0 Å². The fraction of sp³-hybridized carbons (Fsp3) is 0.286. The van der Waals surface area contributed by atoms with E-state index < -0.39 is 0 Å². The predicted molar refractivity (Wildman–Crippen MR) is 45.3 cm³/mol.